The van der Waals surface area contributed by atoms with Crippen molar-refractivity contribution in [3.05, 3.63) is 33.6 Å². The average molecular weight is 493 g/mol. The molecule has 31 heavy (non-hydrogen) atoms. The number of hydrogen-bond donors (Lipinski definition) is 0. The summed E-state index contributed by atoms with van der Waals surface area (Å²) in [5.74, 6) is -4.07. The molecule has 0 fully saturated rings. The van der Waals surface area contributed by atoms with E-state index in [4.69, 9.17) is 5.26 Å². The van der Waals surface area contributed by atoms with Gasteiger partial charge in [-0.25, -0.2) is 8.78 Å². The molecular formula is C13F17N. The molecule has 0 heterocycles. The topological polar surface area (TPSA) is 23.8 Å². The molecule has 1 aromatic rings. The minimum absolute atomic E-state index is 0.315. The van der Waals surface area contributed by atoms with Crippen LogP contribution >= 0.6 is 0 Å². The highest BCUT2D eigenvalue weighted by atomic mass is 19.4. The van der Waals surface area contributed by atoms with Crippen LogP contribution in [0.3, 0.4) is 0 Å². The van der Waals surface area contributed by atoms with Gasteiger partial charge in [0, 0.05) is 5.56 Å². The number of alkyl halides is 16. The lowest BCUT2D eigenvalue weighted by atomic mass is 9.80. The van der Waals surface area contributed by atoms with E-state index in [-0.39, 0.29) is 6.07 Å². The zero-order chi connectivity index (χ0) is 25.2. The van der Waals surface area contributed by atoms with Crippen LogP contribution in [-0.2, 0) is 24.2 Å². The summed E-state index contributed by atoms with van der Waals surface area (Å²) in [5, 5.41) is 8.50. The fraction of sp³-hybridized carbons (Fsp3) is 0.462. The Kier molecular flexibility index (Phi) is 6.01. The predicted octanol–water partition coefficient (Wildman–Crippen LogP) is 7.04. The quantitative estimate of drug-likeness (QED) is 0.385. The van der Waals surface area contributed by atoms with E-state index in [1.165, 1.54) is 0 Å². The summed E-state index contributed by atoms with van der Waals surface area (Å²) in [6.45, 7) is 0. The lowest BCUT2D eigenvalue weighted by Gasteiger charge is -2.34. The van der Waals surface area contributed by atoms with Crippen LogP contribution in [-0.4, -0.2) is 12.4 Å². The molecule has 1 nitrogen and oxygen atoms in total. The molecule has 0 radical (unpaired) electrons. The molecule has 0 amide bonds. The molecule has 176 valence electrons. The first-order valence-corrected chi connectivity index (χ1v) is 6.69. The minimum Gasteiger partial charge on any atom is -0.218 e. The standard InChI is InChI=1S/C13F17N/c14-7-4(9(16,17)18)2(1-31)3(8(15,12(25,26)27)13(28,29)30)5(10(19,20)21)6(7)11(22,23)24. The second-order valence-corrected chi connectivity index (χ2v) is 5.45. The van der Waals surface area contributed by atoms with E-state index in [1.807, 2.05) is 0 Å². The van der Waals surface area contributed by atoms with Crippen molar-refractivity contribution in [3.8, 4) is 6.07 Å². The van der Waals surface area contributed by atoms with Crippen molar-refractivity contribution in [1.29, 1.82) is 5.26 Å². The second kappa shape index (κ2) is 7.02. The monoisotopic (exact) mass is 493 g/mol. The summed E-state index contributed by atoms with van der Waals surface area (Å²) < 4.78 is 222. The Morgan fingerprint density at radius 3 is 1.03 bits per heavy atom. The first-order chi connectivity index (χ1) is 13.3. The van der Waals surface area contributed by atoms with Crippen LogP contribution in [0.2, 0.25) is 0 Å². The molecule has 0 aromatic heterocycles. The van der Waals surface area contributed by atoms with Crippen LogP contribution in [0.5, 0.6) is 0 Å². The highest BCUT2D eigenvalue weighted by molar-refractivity contribution is 5.59. The molecule has 0 saturated heterocycles. The Balaban J connectivity index is 4.79. The van der Waals surface area contributed by atoms with E-state index >= 15 is 0 Å². The maximum atomic E-state index is 14.3. The predicted molar refractivity (Wildman–Crippen MR) is 61.0 cm³/mol. The van der Waals surface area contributed by atoms with Gasteiger partial charge in [0.1, 0.15) is 23.0 Å². The van der Waals surface area contributed by atoms with E-state index in [2.05, 4.69) is 0 Å². The van der Waals surface area contributed by atoms with E-state index in [9.17, 15) is 74.6 Å². The van der Waals surface area contributed by atoms with Crippen molar-refractivity contribution >= 4 is 0 Å². The van der Waals surface area contributed by atoms with E-state index in [0.717, 1.165) is 0 Å². The van der Waals surface area contributed by atoms with Crippen LogP contribution in [0.15, 0.2) is 0 Å². The van der Waals surface area contributed by atoms with Crippen LogP contribution in [0.4, 0.5) is 74.6 Å². The van der Waals surface area contributed by atoms with E-state index in [1.54, 1.807) is 0 Å². The van der Waals surface area contributed by atoms with Gasteiger partial charge in [0.25, 0.3) is 0 Å². The van der Waals surface area contributed by atoms with Crippen molar-refractivity contribution in [1.82, 2.24) is 0 Å². The Morgan fingerprint density at radius 2 is 0.806 bits per heavy atom. The zero-order valence-corrected chi connectivity index (χ0v) is 13.4. The summed E-state index contributed by atoms with van der Waals surface area (Å²) in [5.41, 5.74) is -28.3. The van der Waals surface area contributed by atoms with Gasteiger partial charge in [-0.15, -0.1) is 0 Å². The Morgan fingerprint density at radius 1 is 0.484 bits per heavy atom. The second-order valence-electron chi connectivity index (χ2n) is 5.45. The van der Waals surface area contributed by atoms with Gasteiger partial charge in [-0.1, -0.05) is 0 Å². The third kappa shape index (κ3) is 4.18. The molecule has 0 atom stereocenters. The maximum absolute atomic E-state index is 14.3. The van der Waals surface area contributed by atoms with Crippen LogP contribution in [0.1, 0.15) is 27.8 Å². The largest absolute Gasteiger partial charge is 0.436 e. The maximum Gasteiger partial charge on any atom is 0.436 e. The number of nitriles is 1. The van der Waals surface area contributed by atoms with Crippen LogP contribution in [0, 0.1) is 17.1 Å². The summed E-state index contributed by atoms with van der Waals surface area (Å²) in [4.78, 5) is 0. The molecule has 1 rings (SSSR count). The Labute approximate surface area is 157 Å². The van der Waals surface area contributed by atoms with Crippen molar-refractivity contribution < 1.29 is 74.6 Å². The summed E-state index contributed by atoms with van der Waals surface area (Å²) in [7, 11) is 0. The van der Waals surface area contributed by atoms with Crippen molar-refractivity contribution in [3.63, 3.8) is 0 Å². The normalized spacial score (nSPS) is 14.6. The third-order valence-electron chi connectivity index (χ3n) is 3.53. The molecule has 0 aliphatic carbocycles. The van der Waals surface area contributed by atoms with E-state index < -0.39 is 70.2 Å². The van der Waals surface area contributed by atoms with Gasteiger partial charge in [0.2, 0.25) is 0 Å². The van der Waals surface area contributed by atoms with Gasteiger partial charge in [-0.3, -0.25) is 0 Å². The van der Waals surface area contributed by atoms with Gasteiger partial charge in [0.05, 0.1) is 11.1 Å². The molecule has 0 aliphatic heterocycles. The number of hydrogen-bond acceptors (Lipinski definition) is 1. The molecule has 0 saturated carbocycles. The van der Waals surface area contributed by atoms with Gasteiger partial charge >= 0.3 is 36.6 Å². The molecule has 1 aromatic carbocycles. The fourth-order valence-electron chi connectivity index (χ4n) is 2.44. The molecule has 18 heteroatoms. The van der Waals surface area contributed by atoms with Crippen LogP contribution in [0.25, 0.3) is 0 Å². The molecular weight excluding hydrogens is 493 g/mol. The Hall–Kier alpha value is -2.48. The van der Waals surface area contributed by atoms with E-state index in [0.29, 0.717) is 0 Å². The molecule has 0 aliphatic rings. The lowest BCUT2D eigenvalue weighted by Crippen LogP contribution is -2.52. The molecule has 0 N–H and O–H groups in total. The van der Waals surface area contributed by atoms with Crippen molar-refractivity contribution in [2.24, 2.45) is 0 Å². The first kappa shape index (κ1) is 26.6. The number of nitrogens with zero attached hydrogens (tertiary/aromatic N) is 1. The highest BCUT2D eigenvalue weighted by Crippen LogP contribution is 2.60. The van der Waals surface area contributed by atoms with Gasteiger partial charge in [-0.05, 0) is 0 Å². The smallest absolute Gasteiger partial charge is 0.218 e. The summed E-state index contributed by atoms with van der Waals surface area (Å²) in [6.07, 6.45) is -36.3. The SMILES string of the molecule is N#Cc1c(C(F)(F)F)c(F)c(C(F)(F)F)c(C(F)(F)F)c1C(F)(C(F)(F)F)C(F)(F)F. The number of rotatable bonds is 1. The lowest BCUT2D eigenvalue weighted by molar-refractivity contribution is -0.350. The van der Waals surface area contributed by atoms with Crippen LogP contribution < -0.4 is 0 Å². The third-order valence-corrected chi connectivity index (χ3v) is 3.53. The first-order valence-electron chi connectivity index (χ1n) is 6.69. The van der Waals surface area contributed by atoms with Gasteiger partial charge < -0.3 is 0 Å². The number of halogens is 17. The average Bonchev–Trinajstić information content (AvgIpc) is 2.46. The number of benzene rings is 1. The Bertz CT molecular complexity index is 886. The summed E-state index contributed by atoms with van der Waals surface area (Å²) >= 11 is 0. The minimum atomic E-state index is -7.68. The molecule has 0 unspecified atom stereocenters. The van der Waals surface area contributed by atoms with Gasteiger partial charge in [0.15, 0.2) is 0 Å². The van der Waals surface area contributed by atoms with Crippen molar-refractivity contribution in [2.45, 2.75) is 36.6 Å². The van der Waals surface area contributed by atoms with Crippen molar-refractivity contribution in [2.75, 3.05) is 0 Å². The fourth-order valence-corrected chi connectivity index (χ4v) is 2.44. The summed E-state index contributed by atoms with van der Waals surface area (Å²) in [6, 6.07) is -0.315. The zero-order valence-electron chi connectivity index (χ0n) is 13.4. The molecule has 0 spiro atoms. The molecule has 0 bridgehead atoms. The highest BCUT2D eigenvalue weighted by Gasteiger charge is 2.76. The van der Waals surface area contributed by atoms with Gasteiger partial charge in [-0.2, -0.15) is 71.1 Å².